The Balaban J connectivity index is 4.28. The van der Waals surface area contributed by atoms with Gasteiger partial charge in [-0.3, -0.25) is 14.9 Å². The Morgan fingerprint density at radius 1 is 1.41 bits per heavy atom. The van der Waals surface area contributed by atoms with Crippen LogP contribution in [-0.4, -0.2) is 47.2 Å². The molecule has 0 aliphatic rings. The van der Waals surface area contributed by atoms with E-state index in [2.05, 4.69) is 12.2 Å². The summed E-state index contributed by atoms with van der Waals surface area (Å²) >= 11 is 1.61. The summed E-state index contributed by atoms with van der Waals surface area (Å²) in [5, 5.41) is 11.6. The average molecular weight is 263 g/mol. The predicted octanol–water partition coefficient (Wildman–Crippen LogP) is 1.12. The van der Waals surface area contributed by atoms with Gasteiger partial charge in [0.05, 0.1) is 6.61 Å². The number of esters is 1. The SMILES string of the molecule is CCCSC[C@H](NC(C)C(=O)O)C(=O)OCC. The summed E-state index contributed by atoms with van der Waals surface area (Å²) < 4.78 is 4.91. The van der Waals surface area contributed by atoms with Gasteiger partial charge in [-0.25, -0.2) is 0 Å². The predicted molar refractivity (Wildman–Crippen MR) is 68.3 cm³/mol. The minimum Gasteiger partial charge on any atom is -0.480 e. The number of carbonyl (C=O) groups excluding carboxylic acids is 1. The van der Waals surface area contributed by atoms with Gasteiger partial charge in [0.1, 0.15) is 12.1 Å². The smallest absolute Gasteiger partial charge is 0.324 e. The van der Waals surface area contributed by atoms with Crippen molar-refractivity contribution in [1.82, 2.24) is 5.32 Å². The lowest BCUT2D eigenvalue weighted by Gasteiger charge is -2.19. The van der Waals surface area contributed by atoms with Crippen molar-refractivity contribution in [1.29, 1.82) is 0 Å². The van der Waals surface area contributed by atoms with E-state index >= 15 is 0 Å². The van der Waals surface area contributed by atoms with Crippen LogP contribution in [0.1, 0.15) is 27.2 Å². The third-order valence-electron chi connectivity index (χ3n) is 2.03. The zero-order valence-electron chi connectivity index (χ0n) is 10.6. The second-order valence-electron chi connectivity index (χ2n) is 3.61. The Kier molecular flexibility index (Phi) is 8.89. The van der Waals surface area contributed by atoms with Crippen LogP contribution < -0.4 is 5.32 Å². The monoisotopic (exact) mass is 263 g/mol. The molecule has 0 radical (unpaired) electrons. The van der Waals surface area contributed by atoms with Crippen molar-refractivity contribution in [3.8, 4) is 0 Å². The molecule has 0 saturated carbocycles. The van der Waals surface area contributed by atoms with Crippen LogP contribution in [0.25, 0.3) is 0 Å². The molecule has 100 valence electrons. The highest BCUT2D eigenvalue weighted by Crippen LogP contribution is 2.07. The summed E-state index contributed by atoms with van der Waals surface area (Å²) in [6, 6.07) is -1.32. The van der Waals surface area contributed by atoms with Gasteiger partial charge in [-0.15, -0.1) is 0 Å². The molecule has 0 heterocycles. The molecule has 2 N–H and O–H groups in total. The number of ether oxygens (including phenoxy) is 1. The van der Waals surface area contributed by atoms with Gasteiger partial charge in [0.25, 0.3) is 0 Å². The maximum atomic E-state index is 11.6. The van der Waals surface area contributed by atoms with Crippen LogP contribution in [0.5, 0.6) is 0 Å². The van der Waals surface area contributed by atoms with E-state index < -0.39 is 18.1 Å². The first-order valence-corrected chi connectivity index (χ1v) is 6.91. The van der Waals surface area contributed by atoms with Gasteiger partial charge in [0, 0.05) is 5.75 Å². The lowest BCUT2D eigenvalue weighted by atomic mass is 10.2. The summed E-state index contributed by atoms with van der Waals surface area (Å²) in [4.78, 5) is 22.3. The van der Waals surface area contributed by atoms with Crippen LogP contribution in [0.15, 0.2) is 0 Å². The van der Waals surface area contributed by atoms with Crippen LogP contribution >= 0.6 is 11.8 Å². The minimum atomic E-state index is -0.972. The van der Waals surface area contributed by atoms with Gasteiger partial charge < -0.3 is 9.84 Å². The molecule has 0 amide bonds. The summed E-state index contributed by atoms with van der Waals surface area (Å²) in [5.74, 6) is 0.118. The number of nitrogens with one attached hydrogen (secondary N) is 1. The molecule has 6 heteroatoms. The van der Waals surface area contributed by atoms with Crippen molar-refractivity contribution < 1.29 is 19.4 Å². The Bertz CT molecular complexity index is 248. The number of rotatable bonds is 9. The van der Waals surface area contributed by atoms with Crippen LogP contribution in [0.4, 0.5) is 0 Å². The molecule has 0 rings (SSSR count). The fourth-order valence-electron chi connectivity index (χ4n) is 1.15. The van der Waals surface area contributed by atoms with E-state index in [1.54, 1.807) is 18.7 Å². The van der Waals surface area contributed by atoms with Crippen molar-refractivity contribution in [3.05, 3.63) is 0 Å². The van der Waals surface area contributed by atoms with Crippen LogP contribution in [0.2, 0.25) is 0 Å². The molecule has 17 heavy (non-hydrogen) atoms. The number of carboxylic acid groups (broad SMARTS) is 1. The molecule has 0 spiro atoms. The number of aliphatic carboxylic acids is 1. The van der Waals surface area contributed by atoms with Crippen molar-refractivity contribution >= 4 is 23.7 Å². The highest BCUT2D eigenvalue weighted by Gasteiger charge is 2.24. The third kappa shape index (κ3) is 7.23. The van der Waals surface area contributed by atoms with Crippen molar-refractivity contribution in [3.63, 3.8) is 0 Å². The fourth-order valence-corrected chi connectivity index (χ4v) is 2.07. The van der Waals surface area contributed by atoms with Crippen molar-refractivity contribution in [2.24, 2.45) is 0 Å². The van der Waals surface area contributed by atoms with Crippen molar-refractivity contribution in [2.45, 2.75) is 39.3 Å². The van der Waals surface area contributed by atoms with E-state index in [9.17, 15) is 9.59 Å². The number of carbonyl (C=O) groups is 2. The first-order valence-electron chi connectivity index (χ1n) is 5.76. The van der Waals surface area contributed by atoms with E-state index in [1.165, 1.54) is 6.92 Å². The molecule has 0 aromatic rings. The van der Waals surface area contributed by atoms with Gasteiger partial charge in [-0.2, -0.15) is 11.8 Å². The number of hydrogen-bond donors (Lipinski definition) is 2. The summed E-state index contributed by atoms with van der Waals surface area (Å²) in [6.45, 7) is 5.60. The Morgan fingerprint density at radius 2 is 2.06 bits per heavy atom. The van der Waals surface area contributed by atoms with E-state index in [4.69, 9.17) is 9.84 Å². The van der Waals surface area contributed by atoms with Gasteiger partial charge in [-0.1, -0.05) is 6.92 Å². The van der Waals surface area contributed by atoms with Gasteiger partial charge >= 0.3 is 11.9 Å². The second kappa shape index (κ2) is 9.30. The first kappa shape index (κ1) is 16.2. The van der Waals surface area contributed by atoms with E-state index in [0.717, 1.165) is 12.2 Å². The first-order chi connectivity index (χ1) is 8.02. The second-order valence-corrected chi connectivity index (χ2v) is 4.76. The summed E-state index contributed by atoms with van der Waals surface area (Å²) in [5.41, 5.74) is 0. The van der Waals surface area contributed by atoms with Gasteiger partial charge in [-0.05, 0) is 26.0 Å². The molecule has 0 bridgehead atoms. The zero-order chi connectivity index (χ0) is 13.3. The van der Waals surface area contributed by atoms with Crippen LogP contribution in [0.3, 0.4) is 0 Å². The molecule has 0 saturated heterocycles. The standard InChI is InChI=1S/C11H21NO4S/c1-4-6-17-7-9(11(15)16-5-2)12-8(3)10(13)14/h8-9,12H,4-7H2,1-3H3,(H,13,14)/t8?,9-/m0/s1. The number of carboxylic acids is 1. The maximum absolute atomic E-state index is 11.6. The maximum Gasteiger partial charge on any atom is 0.324 e. The normalized spacial score (nSPS) is 14.1. The van der Waals surface area contributed by atoms with Crippen LogP contribution in [-0.2, 0) is 14.3 Å². The van der Waals surface area contributed by atoms with E-state index in [1.807, 2.05) is 0 Å². The molecule has 1 unspecified atom stereocenters. The Hall–Kier alpha value is -0.750. The molecule has 0 aromatic heterocycles. The molecule has 0 aromatic carbocycles. The number of thioether (sulfide) groups is 1. The molecule has 0 fully saturated rings. The van der Waals surface area contributed by atoms with E-state index in [0.29, 0.717) is 12.4 Å². The minimum absolute atomic E-state index is 0.302. The summed E-state index contributed by atoms with van der Waals surface area (Å²) in [7, 11) is 0. The Morgan fingerprint density at radius 3 is 2.53 bits per heavy atom. The molecule has 0 aliphatic carbocycles. The molecular weight excluding hydrogens is 242 g/mol. The third-order valence-corrected chi connectivity index (χ3v) is 3.29. The largest absolute Gasteiger partial charge is 0.480 e. The fraction of sp³-hybridized carbons (Fsp3) is 0.818. The lowest BCUT2D eigenvalue weighted by Crippen LogP contribution is -2.47. The average Bonchev–Trinajstić information content (AvgIpc) is 2.27. The summed E-state index contributed by atoms with van der Waals surface area (Å²) in [6.07, 6.45) is 1.02. The molecule has 2 atom stereocenters. The highest BCUT2D eigenvalue weighted by molar-refractivity contribution is 7.99. The van der Waals surface area contributed by atoms with Gasteiger partial charge in [0.2, 0.25) is 0 Å². The topological polar surface area (TPSA) is 75.6 Å². The van der Waals surface area contributed by atoms with Crippen LogP contribution in [0, 0.1) is 0 Å². The van der Waals surface area contributed by atoms with Crippen molar-refractivity contribution in [2.75, 3.05) is 18.1 Å². The highest BCUT2D eigenvalue weighted by atomic mass is 32.2. The zero-order valence-corrected chi connectivity index (χ0v) is 11.4. The van der Waals surface area contributed by atoms with E-state index in [-0.39, 0.29) is 5.97 Å². The van der Waals surface area contributed by atoms with Gasteiger partial charge in [0.15, 0.2) is 0 Å². The molecular formula is C11H21NO4S. The lowest BCUT2D eigenvalue weighted by molar-refractivity contribution is -0.146. The molecule has 0 aliphatic heterocycles. The Labute approximate surface area is 106 Å². The quantitative estimate of drug-likeness (QED) is 0.479. The molecule has 5 nitrogen and oxygen atoms in total. The number of hydrogen-bond acceptors (Lipinski definition) is 5.